The fraction of sp³-hybridized carbons (Fsp3) is 0.636. The highest BCUT2D eigenvalue weighted by atomic mass is 28.4. The van der Waals surface area contributed by atoms with Crippen molar-refractivity contribution in [3.05, 3.63) is 24.6 Å². The molecule has 1 unspecified atom stereocenters. The molecule has 0 aromatic rings. The van der Waals surface area contributed by atoms with Crippen molar-refractivity contribution in [2.45, 2.75) is 45.8 Å². The molecule has 0 aliphatic carbocycles. The Morgan fingerprint density at radius 2 is 1.69 bits per heavy atom. The summed E-state index contributed by atoms with van der Waals surface area (Å²) in [7, 11) is -1.88. The topological polar surface area (TPSA) is 9.23 Å². The maximum atomic E-state index is 5.99. The second-order valence-electron chi connectivity index (χ2n) is 3.74. The van der Waals surface area contributed by atoms with Gasteiger partial charge in [0.2, 0.25) is 8.32 Å². The fourth-order valence-corrected chi connectivity index (χ4v) is 4.28. The number of hydrogen-bond donors (Lipinski definition) is 0. The van der Waals surface area contributed by atoms with Crippen molar-refractivity contribution in [1.82, 2.24) is 0 Å². The predicted octanol–water partition coefficient (Wildman–Crippen LogP) is 3.61. The van der Waals surface area contributed by atoms with Crippen molar-refractivity contribution in [3.8, 4) is 0 Å². The molecule has 0 heterocycles. The van der Waals surface area contributed by atoms with E-state index in [1.165, 1.54) is 0 Å². The normalized spacial score (nSPS) is 14.2. The van der Waals surface area contributed by atoms with Gasteiger partial charge in [-0.25, -0.2) is 0 Å². The molecule has 0 aliphatic rings. The quantitative estimate of drug-likeness (QED) is 0.592. The number of rotatable bonds is 6. The monoisotopic (exact) mass is 198 g/mol. The van der Waals surface area contributed by atoms with Gasteiger partial charge in [-0.05, 0) is 19.4 Å². The molecule has 1 nitrogen and oxygen atoms in total. The van der Waals surface area contributed by atoms with Gasteiger partial charge in [-0.3, -0.25) is 0 Å². The van der Waals surface area contributed by atoms with Crippen LogP contribution in [0.25, 0.3) is 0 Å². The van der Waals surface area contributed by atoms with Gasteiger partial charge in [0.1, 0.15) is 0 Å². The zero-order valence-corrected chi connectivity index (χ0v) is 10.3. The lowest BCUT2D eigenvalue weighted by molar-refractivity contribution is 0.231. The molecule has 0 radical (unpaired) electrons. The molecular formula is C11H22OSi. The third-order valence-corrected chi connectivity index (χ3v) is 6.56. The number of hydrogen-bond acceptors (Lipinski definition) is 1. The van der Waals surface area contributed by atoms with Crippen LogP contribution in [-0.4, -0.2) is 14.4 Å². The van der Waals surface area contributed by atoms with Gasteiger partial charge in [0, 0.05) is 6.10 Å². The Hall–Kier alpha value is -0.343. The van der Waals surface area contributed by atoms with Gasteiger partial charge < -0.3 is 4.43 Å². The molecule has 0 saturated carbocycles. The van der Waals surface area contributed by atoms with Gasteiger partial charge in [0.05, 0.1) is 0 Å². The van der Waals surface area contributed by atoms with Crippen LogP contribution in [0.2, 0.25) is 5.54 Å². The van der Waals surface area contributed by atoms with E-state index < -0.39 is 8.32 Å². The van der Waals surface area contributed by atoms with E-state index in [2.05, 4.69) is 40.9 Å². The largest absolute Gasteiger partial charge is 0.407 e. The summed E-state index contributed by atoms with van der Waals surface area (Å²) in [6, 6.07) is 0. The van der Waals surface area contributed by atoms with Crippen molar-refractivity contribution in [2.24, 2.45) is 0 Å². The SMILES string of the molecule is C=C[Si](C=C)(OC(C)C)C(C)CC. The van der Waals surface area contributed by atoms with Crippen LogP contribution in [0.3, 0.4) is 0 Å². The molecule has 0 aliphatic heterocycles. The van der Waals surface area contributed by atoms with E-state index in [1.54, 1.807) is 0 Å². The van der Waals surface area contributed by atoms with Crippen molar-refractivity contribution >= 4 is 8.32 Å². The molecule has 2 heteroatoms. The fourth-order valence-electron chi connectivity index (χ4n) is 1.43. The summed E-state index contributed by atoms with van der Waals surface area (Å²) in [5.41, 5.74) is 4.55. The molecule has 0 N–H and O–H groups in total. The lowest BCUT2D eigenvalue weighted by Crippen LogP contribution is -2.40. The Labute approximate surface area is 83.6 Å². The van der Waals surface area contributed by atoms with Crippen LogP contribution in [0.5, 0.6) is 0 Å². The molecule has 0 amide bonds. The van der Waals surface area contributed by atoms with E-state index >= 15 is 0 Å². The maximum Gasteiger partial charge on any atom is 0.243 e. The van der Waals surface area contributed by atoms with Gasteiger partial charge in [0.25, 0.3) is 0 Å². The van der Waals surface area contributed by atoms with Gasteiger partial charge in [-0.1, -0.05) is 31.7 Å². The molecule has 0 aromatic carbocycles. The summed E-state index contributed by atoms with van der Waals surface area (Å²) in [6.07, 6.45) is 1.38. The second kappa shape index (κ2) is 5.40. The highest BCUT2D eigenvalue weighted by Gasteiger charge is 2.34. The van der Waals surface area contributed by atoms with Gasteiger partial charge in [-0.2, -0.15) is 0 Å². The predicted molar refractivity (Wildman–Crippen MR) is 62.1 cm³/mol. The second-order valence-corrected chi connectivity index (χ2v) is 7.48. The maximum absolute atomic E-state index is 5.99. The lowest BCUT2D eigenvalue weighted by Gasteiger charge is -2.32. The van der Waals surface area contributed by atoms with Crippen LogP contribution in [0.1, 0.15) is 34.1 Å². The van der Waals surface area contributed by atoms with Crippen LogP contribution < -0.4 is 0 Å². The van der Waals surface area contributed by atoms with E-state index in [4.69, 9.17) is 4.43 Å². The highest BCUT2D eigenvalue weighted by Crippen LogP contribution is 2.28. The van der Waals surface area contributed by atoms with Crippen molar-refractivity contribution < 1.29 is 4.43 Å². The molecular weight excluding hydrogens is 176 g/mol. The Bertz CT molecular complexity index is 167. The minimum Gasteiger partial charge on any atom is -0.407 e. The van der Waals surface area contributed by atoms with E-state index in [0.717, 1.165) is 6.42 Å². The molecule has 0 fully saturated rings. The first-order valence-electron chi connectivity index (χ1n) is 4.97. The van der Waals surface area contributed by atoms with Crippen LogP contribution >= 0.6 is 0 Å². The average Bonchev–Trinajstić information content (AvgIpc) is 2.12. The Kier molecular flexibility index (Phi) is 5.26. The Morgan fingerprint density at radius 3 is 1.92 bits per heavy atom. The van der Waals surface area contributed by atoms with Gasteiger partial charge in [0.15, 0.2) is 0 Å². The standard InChI is InChI=1S/C11H22OSi/c1-7-11(6)13(8-2,9-3)12-10(4)5/h8-11H,2-3,7H2,1,4-6H3. The molecule has 0 aromatic heterocycles. The molecule has 13 heavy (non-hydrogen) atoms. The van der Waals surface area contributed by atoms with Crippen LogP contribution in [-0.2, 0) is 4.43 Å². The van der Waals surface area contributed by atoms with E-state index in [-0.39, 0.29) is 6.10 Å². The summed E-state index contributed by atoms with van der Waals surface area (Å²) >= 11 is 0. The molecule has 0 bridgehead atoms. The van der Waals surface area contributed by atoms with Crippen LogP contribution in [0.4, 0.5) is 0 Å². The molecule has 0 saturated heterocycles. The van der Waals surface area contributed by atoms with E-state index in [9.17, 15) is 0 Å². The summed E-state index contributed by atoms with van der Waals surface area (Å²) in [4.78, 5) is 0. The minimum atomic E-state index is -1.88. The smallest absolute Gasteiger partial charge is 0.243 e. The van der Waals surface area contributed by atoms with E-state index in [0.29, 0.717) is 5.54 Å². The highest BCUT2D eigenvalue weighted by molar-refractivity contribution is 6.84. The van der Waals surface area contributed by atoms with Crippen molar-refractivity contribution in [2.75, 3.05) is 0 Å². The van der Waals surface area contributed by atoms with Gasteiger partial charge in [-0.15, -0.1) is 13.2 Å². The third kappa shape index (κ3) is 3.12. The first-order valence-corrected chi connectivity index (χ1v) is 7.11. The summed E-state index contributed by atoms with van der Waals surface area (Å²) < 4.78 is 5.99. The molecule has 0 rings (SSSR count). The van der Waals surface area contributed by atoms with Crippen molar-refractivity contribution in [3.63, 3.8) is 0 Å². The van der Waals surface area contributed by atoms with Crippen LogP contribution in [0, 0.1) is 0 Å². The third-order valence-electron chi connectivity index (χ3n) is 2.46. The summed E-state index contributed by atoms with van der Waals surface area (Å²) in [6.45, 7) is 16.3. The zero-order chi connectivity index (χ0) is 10.5. The first-order chi connectivity index (χ1) is 6.02. The van der Waals surface area contributed by atoms with Gasteiger partial charge >= 0.3 is 0 Å². The molecule has 0 spiro atoms. The molecule has 1 atom stereocenters. The summed E-state index contributed by atoms with van der Waals surface area (Å²) in [5.74, 6) is 0. The zero-order valence-electron chi connectivity index (χ0n) is 9.34. The Morgan fingerprint density at radius 1 is 1.23 bits per heavy atom. The van der Waals surface area contributed by atoms with Crippen molar-refractivity contribution in [1.29, 1.82) is 0 Å². The van der Waals surface area contributed by atoms with E-state index in [1.807, 2.05) is 11.4 Å². The Balaban J connectivity index is 4.68. The van der Waals surface area contributed by atoms with Crippen LogP contribution in [0.15, 0.2) is 24.6 Å². The summed E-state index contributed by atoms with van der Waals surface area (Å²) in [5, 5.41) is 0. The average molecular weight is 198 g/mol. The minimum absolute atomic E-state index is 0.261. The first kappa shape index (κ1) is 12.7. The lowest BCUT2D eigenvalue weighted by atomic mass is 10.4. The molecule has 76 valence electrons.